The van der Waals surface area contributed by atoms with Crippen molar-refractivity contribution < 1.29 is 80.2 Å². The fourth-order valence-electron chi connectivity index (χ4n) is 9.71. The Balaban J connectivity index is 5.20. The lowest BCUT2D eigenvalue weighted by molar-refractivity contribution is -0.161. The molecule has 0 aliphatic carbocycles. The van der Waals surface area contributed by atoms with E-state index in [4.69, 9.17) is 37.0 Å². The number of aliphatic hydroxyl groups excluding tert-OH is 1. The monoisotopic (exact) mass is 1240 g/mol. The number of hydrogen-bond acceptors (Lipinski definition) is 15. The Bertz CT molecular complexity index is 1650. The van der Waals surface area contributed by atoms with E-state index in [2.05, 4.69) is 41.5 Å². The maximum atomic E-state index is 13.0. The molecule has 0 spiro atoms. The van der Waals surface area contributed by atoms with E-state index in [9.17, 15) is 43.2 Å². The number of esters is 4. The SMILES string of the molecule is CCCCCCCCCCC(=O)OC[C@H](COP(=O)(O)OC[C@H](O)COP(=O)(O)OC[C@@H](COC(=O)CCCCCCCCCCCC(C)C)OC(=O)CCCCCCCCCCCCCCCC(C)C)OC(=O)CCCCCCCCCC. The van der Waals surface area contributed by atoms with Crippen LogP contribution in [0, 0.1) is 11.8 Å². The molecule has 84 heavy (non-hydrogen) atoms. The summed E-state index contributed by atoms with van der Waals surface area (Å²) in [6, 6.07) is 0. The van der Waals surface area contributed by atoms with E-state index in [-0.39, 0.29) is 25.7 Å². The van der Waals surface area contributed by atoms with Crippen LogP contribution in [0.3, 0.4) is 0 Å². The molecule has 498 valence electrons. The quantitative estimate of drug-likeness (QED) is 0.0222. The number of hydrogen-bond donors (Lipinski definition) is 3. The molecule has 0 aromatic rings. The number of carbonyl (C=O) groups is 4. The van der Waals surface area contributed by atoms with Crippen LogP contribution in [0.1, 0.15) is 324 Å². The van der Waals surface area contributed by atoms with E-state index < -0.39 is 97.5 Å². The molecule has 5 atom stereocenters. The Morgan fingerprint density at radius 3 is 0.810 bits per heavy atom. The molecule has 0 amide bonds. The molecule has 0 rings (SSSR count). The molecule has 2 unspecified atom stereocenters. The molecular weight excluding hydrogens is 1110 g/mol. The lowest BCUT2D eigenvalue weighted by Gasteiger charge is -2.21. The number of aliphatic hydroxyl groups is 1. The van der Waals surface area contributed by atoms with E-state index in [1.54, 1.807) is 0 Å². The van der Waals surface area contributed by atoms with Crippen molar-refractivity contribution in [1.29, 1.82) is 0 Å². The maximum Gasteiger partial charge on any atom is 0.472 e. The van der Waals surface area contributed by atoms with Crippen LogP contribution in [0.5, 0.6) is 0 Å². The van der Waals surface area contributed by atoms with E-state index in [0.717, 1.165) is 115 Å². The topological polar surface area (TPSA) is 237 Å². The Labute approximate surface area is 511 Å². The maximum absolute atomic E-state index is 13.0. The second-order valence-electron chi connectivity index (χ2n) is 24.5. The molecule has 19 heteroatoms. The zero-order valence-electron chi connectivity index (χ0n) is 54.2. The van der Waals surface area contributed by atoms with Gasteiger partial charge in [0.2, 0.25) is 0 Å². The second-order valence-corrected chi connectivity index (χ2v) is 27.4. The lowest BCUT2D eigenvalue weighted by Crippen LogP contribution is -2.30. The van der Waals surface area contributed by atoms with E-state index in [1.807, 2.05) is 0 Å². The van der Waals surface area contributed by atoms with Gasteiger partial charge in [0, 0.05) is 25.7 Å². The summed E-state index contributed by atoms with van der Waals surface area (Å²) in [6.45, 7) is 9.45. The van der Waals surface area contributed by atoms with Gasteiger partial charge in [-0.1, -0.05) is 273 Å². The molecule has 0 fully saturated rings. The summed E-state index contributed by atoms with van der Waals surface area (Å²) in [5.41, 5.74) is 0. The summed E-state index contributed by atoms with van der Waals surface area (Å²) in [7, 11) is -9.88. The summed E-state index contributed by atoms with van der Waals surface area (Å²) in [5.74, 6) is -0.606. The Kier molecular flexibility index (Phi) is 56.2. The van der Waals surface area contributed by atoms with E-state index >= 15 is 0 Å². The molecule has 0 aromatic carbocycles. The Morgan fingerprint density at radius 1 is 0.321 bits per heavy atom. The second kappa shape index (κ2) is 57.5. The summed E-state index contributed by atoms with van der Waals surface area (Å²) >= 11 is 0. The molecule has 0 saturated heterocycles. The molecule has 0 aromatic heterocycles. The van der Waals surface area contributed by atoms with Crippen molar-refractivity contribution in [2.24, 2.45) is 11.8 Å². The molecule has 0 bridgehead atoms. The predicted molar refractivity (Wildman–Crippen MR) is 335 cm³/mol. The van der Waals surface area contributed by atoms with Crippen LogP contribution in [-0.4, -0.2) is 96.7 Å². The third kappa shape index (κ3) is 59.0. The fraction of sp³-hybridized carbons (Fsp3) is 0.938. The van der Waals surface area contributed by atoms with Gasteiger partial charge in [-0.3, -0.25) is 37.3 Å². The van der Waals surface area contributed by atoms with E-state index in [0.29, 0.717) is 25.7 Å². The smallest absolute Gasteiger partial charge is 0.462 e. The van der Waals surface area contributed by atoms with E-state index in [1.165, 1.54) is 128 Å². The largest absolute Gasteiger partial charge is 0.472 e. The summed E-state index contributed by atoms with van der Waals surface area (Å²) in [6.07, 6.45) is 40.4. The summed E-state index contributed by atoms with van der Waals surface area (Å²) in [5, 5.41) is 10.5. The first-order valence-electron chi connectivity index (χ1n) is 34.0. The van der Waals surface area contributed by atoms with Crippen molar-refractivity contribution in [2.45, 2.75) is 342 Å². The van der Waals surface area contributed by atoms with Gasteiger partial charge in [0.25, 0.3) is 0 Å². The Hall–Kier alpha value is -1.94. The van der Waals surface area contributed by atoms with Crippen molar-refractivity contribution in [2.75, 3.05) is 39.6 Å². The van der Waals surface area contributed by atoms with Crippen LogP contribution in [0.15, 0.2) is 0 Å². The molecule has 0 aliphatic rings. The normalized spacial score (nSPS) is 14.3. The third-order valence-corrected chi connectivity index (χ3v) is 16.9. The molecule has 0 saturated carbocycles. The van der Waals surface area contributed by atoms with Gasteiger partial charge in [-0.15, -0.1) is 0 Å². The van der Waals surface area contributed by atoms with Crippen molar-refractivity contribution in [1.82, 2.24) is 0 Å². The molecule has 0 heterocycles. The summed E-state index contributed by atoms with van der Waals surface area (Å²) < 4.78 is 67.9. The molecule has 0 radical (unpaired) electrons. The first kappa shape index (κ1) is 82.1. The van der Waals surface area contributed by atoms with Crippen molar-refractivity contribution in [3.8, 4) is 0 Å². The van der Waals surface area contributed by atoms with Crippen LogP contribution in [0.4, 0.5) is 0 Å². The zero-order chi connectivity index (χ0) is 62.2. The van der Waals surface area contributed by atoms with Crippen molar-refractivity contribution >= 4 is 39.5 Å². The highest BCUT2D eigenvalue weighted by molar-refractivity contribution is 7.47. The molecule has 3 N–H and O–H groups in total. The number of ether oxygens (including phenoxy) is 4. The van der Waals surface area contributed by atoms with Crippen molar-refractivity contribution in [3.05, 3.63) is 0 Å². The number of phosphoric ester groups is 2. The van der Waals surface area contributed by atoms with Crippen LogP contribution in [-0.2, 0) is 65.4 Å². The molecular formula is C65H126O17P2. The number of carbonyl (C=O) groups excluding carboxylic acids is 4. The first-order chi connectivity index (χ1) is 40.4. The van der Waals surface area contributed by atoms with Gasteiger partial charge in [0.1, 0.15) is 19.3 Å². The Morgan fingerprint density at radius 2 is 0.548 bits per heavy atom. The van der Waals surface area contributed by atoms with Gasteiger partial charge >= 0.3 is 39.5 Å². The third-order valence-electron chi connectivity index (χ3n) is 15.0. The average Bonchev–Trinajstić information content (AvgIpc) is 3.46. The minimum atomic E-state index is -4.95. The number of unbranched alkanes of at least 4 members (excludes halogenated alkanes) is 34. The van der Waals surface area contributed by atoms with Crippen molar-refractivity contribution in [3.63, 3.8) is 0 Å². The fourth-order valence-corrected chi connectivity index (χ4v) is 11.3. The minimum Gasteiger partial charge on any atom is -0.462 e. The van der Waals surface area contributed by atoms with Gasteiger partial charge in [-0.25, -0.2) is 9.13 Å². The highest BCUT2D eigenvalue weighted by Gasteiger charge is 2.30. The average molecular weight is 1240 g/mol. The number of phosphoric acid groups is 2. The van der Waals surface area contributed by atoms with Crippen LogP contribution in [0.2, 0.25) is 0 Å². The van der Waals surface area contributed by atoms with Crippen LogP contribution < -0.4 is 0 Å². The van der Waals surface area contributed by atoms with Crippen LogP contribution in [0.25, 0.3) is 0 Å². The minimum absolute atomic E-state index is 0.105. The van der Waals surface area contributed by atoms with Gasteiger partial charge in [-0.2, -0.15) is 0 Å². The zero-order valence-corrected chi connectivity index (χ0v) is 56.0. The predicted octanol–water partition coefficient (Wildman–Crippen LogP) is 18.0. The molecule has 17 nitrogen and oxygen atoms in total. The van der Waals surface area contributed by atoms with Gasteiger partial charge in [0.15, 0.2) is 12.2 Å². The lowest BCUT2D eigenvalue weighted by atomic mass is 10.0. The summed E-state index contributed by atoms with van der Waals surface area (Å²) in [4.78, 5) is 72.1. The highest BCUT2D eigenvalue weighted by atomic mass is 31.2. The van der Waals surface area contributed by atoms with Gasteiger partial charge in [-0.05, 0) is 37.5 Å². The number of rotatable bonds is 64. The first-order valence-corrected chi connectivity index (χ1v) is 37.0. The standard InChI is InChI=1S/C65H126O17P2/c1-7-9-11-13-15-29-35-41-47-62(67)75-53-60(81-64(69)49-43-37-30-16-14-12-10-8-2)55-79-83(71,72)77-51-59(66)52-78-84(73,74)80-56-61(54-76-63(68)48-42-36-31-26-22-24-28-34-40-46-58(5)6)82-65(70)50-44-38-32-25-21-19-17-18-20-23-27-33-39-45-57(3)4/h57-61,66H,7-56H2,1-6H3,(H,71,72)(H,73,74)/t59-,60+,61+/m0/s1. The molecule has 0 aliphatic heterocycles. The van der Waals surface area contributed by atoms with Gasteiger partial charge in [0.05, 0.1) is 26.4 Å². The highest BCUT2D eigenvalue weighted by Crippen LogP contribution is 2.45. The van der Waals surface area contributed by atoms with Gasteiger partial charge < -0.3 is 33.8 Å². The van der Waals surface area contributed by atoms with Crippen LogP contribution >= 0.6 is 15.6 Å².